The maximum Gasteiger partial charge on any atom is 0.262 e. The van der Waals surface area contributed by atoms with Crippen molar-refractivity contribution >= 4 is 23.2 Å². The molecule has 0 aliphatic carbocycles. The molecule has 2 amide bonds. The van der Waals surface area contributed by atoms with Gasteiger partial charge in [-0.25, -0.2) is 0 Å². The van der Waals surface area contributed by atoms with Gasteiger partial charge in [0.2, 0.25) is 5.91 Å². The quantitative estimate of drug-likeness (QED) is 0.448. The fourth-order valence-corrected chi connectivity index (χ4v) is 5.03. The van der Waals surface area contributed by atoms with Crippen LogP contribution < -0.4 is 15.4 Å². The van der Waals surface area contributed by atoms with E-state index in [-0.39, 0.29) is 11.8 Å². The number of hydrogen-bond donors (Lipinski definition) is 2. The van der Waals surface area contributed by atoms with Crippen LogP contribution in [-0.4, -0.2) is 49.5 Å². The Morgan fingerprint density at radius 3 is 2.40 bits per heavy atom. The number of carbonyl (C=O) groups excluding carboxylic acids is 2. The molecule has 1 saturated heterocycles. The summed E-state index contributed by atoms with van der Waals surface area (Å²) in [6, 6.07) is 21.0. The number of nitrogens with zero attached hydrogens (tertiary/aromatic N) is 1. The number of likely N-dealkylation sites (tertiary alicyclic amines) is 1. The molecule has 2 aromatic carbocycles. The van der Waals surface area contributed by atoms with Crippen molar-refractivity contribution in [2.24, 2.45) is 5.92 Å². The summed E-state index contributed by atoms with van der Waals surface area (Å²) in [7, 11) is 1.68. The lowest BCUT2D eigenvalue weighted by Gasteiger charge is -2.32. The summed E-state index contributed by atoms with van der Waals surface area (Å²) < 4.78 is 5.24. The van der Waals surface area contributed by atoms with Gasteiger partial charge in [-0.05, 0) is 66.6 Å². The van der Waals surface area contributed by atoms with Crippen molar-refractivity contribution in [1.82, 2.24) is 15.5 Å². The first kappa shape index (κ1) is 24.9. The Labute approximate surface area is 211 Å². The molecule has 3 aromatic rings. The van der Waals surface area contributed by atoms with Crippen molar-refractivity contribution in [2.45, 2.75) is 31.8 Å². The van der Waals surface area contributed by atoms with Gasteiger partial charge in [0, 0.05) is 19.5 Å². The van der Waals surface area contributed by atoms with Gasteiger partial charge in [-0.1, -0.05) is 48.5 Å². The number of ether oxygens (including phenoxy) is 1. The standard InChI is InChI=1S/C28H33N3O3S/c1-34-24-11-9-23(10-12-24)20-31-15-13-22(14-16-31)19-29-27(32)25(18-21-6-3-2-4-7-21)30-28(33)26-8-5-17-35-26/h2-12,17,22,25H,13-16,18-20H2,1H3,(H,29,32)(H,30,33). The molecular formula is C28H33N3O3S. The number of rotatable bonds is 10. The maximum absolute atomic E-state index is 13.1. The van der Waals surface area contributed by atoms with Crippen molar-refractivity contribution in [3.05, 3.63) is 88.1 Å². The summed E-state index contributed by atoms with van der Waals surface area (Å²) in [6.07, 6.45) is 2.55. The number of hydrogen-bond acceptors (Lipinski definition) is 5. The van der Waals surface area contributed by atoms with E-state index in [4.69, 9.17) is 4.74 Å². The van der Waals surface area contributed by atoms with Crippen LogP contribution in [0.4, 0.5) is 0 Å². The molecule has 7 heteroatoms. The van der Waals surface area contributed by atoms with Gasteiger partial charge in [0.1, 0.15) is 11.8 Å². The Bertz CT molecular complexity index is 1060. The number of nitrogens with one attached hydrogen (secondary N) is 2. The van der Waals surface area contributed by atoms with Crippen LogP contribution in [0.1, 0.15) is 33.6 Å². The van der Waals surface area contributed by atoms with Crippen LogP contribution in [0.15, 0.2) is 72.1 Å². The van der Waals surface area contributed by atoms with Crippen molar-refractivity contribution in [3.63, 3.8) is 0 Å². The predicted molar refractivity (Wildman–Crippen MR) is 140 cm³/mol. The third-order valence-corrected chi connectivity index (χ3v) is 7.36. The summed E-state index contributed by atoms with van der Waals surface area (Å²) >= 11 is 1.37. The number of amides is 2. The van der Waals surface area contributed by atoms with E-state index >= 15 is 0 Å². The molecule has 1 aromatic heterocycles. The van der Waals surface area contributed by atoms with Gasteiger partial charge < -0.3 is 15.4 Å². The number of methoxy groups -OCH3 is 1. The van der Waals surface area contributed by atoms with E-state index in [0.717, 1.165) is 43.8 Å². The van der Waals surface area contributed by atoms with E-state index in [2.05, 4.69) is 27.7 Å². The van der Waals surface area contributed by atoms with Crippen LogP contribution in [0.5, 0.6) is 5.75 Å². The van der Waals surface area contributed by atoms with Crippen LogP contribution in [0.25, 0.3) is 0 Å². The van der Waals surface area contributed by atoms with Gasteiger partial charge in [-0.3, -0.25) is 14.5 Å². The molecule has 1 aliphatic rings. The summed E-state index contributed by atoms with van der Waals surface area (Å²) in [5.74, 6) is 0.985. The molecule has 2 heterocycles. The summed E-state index contributed by atoms with van der Waals surface area (Å²) in [6.45, 7) is 3.58. The Kier molecular flexibility index (Phi) is 8.92. The lowest BCUT2D eigenvalue weighted by Crippen LogP contribution is -2.49. The number of carbonyl (C=O) groups is 2. The molecule has 0 saturated carbocycles. The molecule has 1 unspecified atom stereocenters. The summed E-state index contributed by atoms with van der Waals surface area (Å²) in [5.41, 5.74) is 2.30. The number of thiophene rings is 1. The zero-order valence-corrected chi connectivity index (χ0v) is 20.9. The van der Waals surface area contributed by atoms with E-state index in [1.807, 2.05) is 53.9 Å². The van der Waals surface area contributed by atoms with Crippen LogP contribution in [0.2, 0.25) is 0 Å². The number of piperidine rings is 1. The second-order valence-electron chi connectivity index (χ2n) is 9.01. The van der Waals surface area contributed by atoms with Crippen LogP contribution in [0.3, 0.4) is 0 Å². The average molecular weight is 492 g/mol. The second kappa shape index (κ2) is 12.5. The largest absolute Gasteiger partial charge is 0.497 e. The highest BCUT2D eigenvalue weighted by Crippen LogP contribution is 2.20. The first-order valence-corrected chi connectivity index (χ1v) is 13.0. The van der Waals surface area contributed by atoms with E-state index < -0.39 is 6.04 Å². The lowest BCUT2D eigenvalue weighted by atomic mass is 9.96. The molecule has 6 nitrogen and oxygen atoms in total. The lowest BCUT2D eigenvalue weighted by molar-refractivity contribution is -0.123. The van der Waals surface area contributed by atoms with E-state index in [1.165, 1.54) is 16.9 Å². The number of benzene rings is 2. The molecule has 1 atom stereocenters. The topological polar surface area (TPSA) is 70.7 Å². The fraction of sp³-hybridized carbons (Fsp3) is 0.357. The highest BCUT2D eigenvalue weighted by atomic mass is 32.1. The van der Waals surface area contributed by atoms with E-state index in [0.29, 0.717) is 23.8 Å². The zero-order chi connectivity index (χ0) is 24.5. The van der Waals surface area contributed by atoms with Gasteiger partial charge in [-0.2, -0.15) is 0 Å². The van der Waals surface area contributed by atoms with Crippen molar-refractivity contribution in [1.29, 1.82) is 0 Å². The van der Waals surface area contributed by atoms with Gasteiger partial charge in [-0.15, -0.1) is 11.3 Å². The van der Waals surface area contributed by atoms with E-state index in [9.17, 15) is 9.59 Å². The maximum atomic E-state index is 13.1. The van der Waals surface area contributed by atoms with Crippen molar-refractivity contribution < 1.29 is 14.3 Å². The Hall–Kier alpha value is -3.16. The van der Waals surface area contributed by atoms with Gasteiger partial charge in [0.15, 0.2) is 0 Å². The molecular weight excluding hydrogens is 458 g/mol. The third-order valence-electron chi connectivity index (χ3n) is 6.49. The Morgan fingerprint density at radius 1 is 1.00 bits per heavy atom. The molecule has 184 valence electrons. The Balaban J connectivity index is 1.27. The van der Waals surface area contributed by atoms with E-state index in [1.54, 1.807) is 13.2 Å². The predicted octanol–water partition coefficient (Wildman–Crippen LogP) is 4.13. The molecule has 2 N–H and O–H groups in total. The first-order chi connectivity index (χ1) is 17.1. The van der Waals surface area contributed by atoms with Gasteiger partial charge in [0.05, 0.1) is 12.0 Å². The molecule has 4 rings (SSSR count). The molecule has 0 spiro atoms. The molecule has 0 bridgehead atoms. The normalized spacial score (nSPS) is 15.3. The van der Waals surface area contributed by atoms with Crippen LogP contribution >= 0.6 is 11.3 Å². The molecule has 1 fully saturated rings. The van der Waals surface area contributed by atoms with Crippen molar-refractivity contribution in [3.8, 4) is 5.75 Å². The monoisotopic (exact) mass is 491 g/mol. The minimum absolute atomic E-state index is 0.126. The molecule has 1 aliphatic heterocycles. The minimum atomic E-state index is -0.609. The summed E-state index contributed by atoms with van der Waals surface area (Å²) in [4.78, 5) is 28.8. The highest BCUT2D eigenvalue weighted by Gasteiger charge is 2.25. The third kappa shape index (κ3) is 7.41. The van der Waals surface area contributed by atoms with Crippen molar-refractivity contribution in [2.75, 3.05) is 26.7 Å². The van der Waals surface area contributed by atoms with Gasteiger partial charge in [0.25, 0.3) is 5.91 Å². The summed E-state index contributed by atoms with van der Waals surface area (Å²) in [5, 5.41) is 7.92. The van der Waals surface area contributed by atoms with Crippen LogP contribution in [0, 0.1) is 5.92 Å². The second-order valence-corrected chi connectivity index (χ2v) is 9.95. The minimum Gasteiger partial charge on any atom is -0.497 e. The first-order valence-electron chi connectivity index (χ1n) is 12.1. The van der Waals surface area contributed by atoms with Crippen LogP contribution in [-0.2, 0) is 17.8 Å². The zero-order valence-electron chi connectivity index (χ0n) is 20.1. The SMILES string of the molecule is COc1ccc(CN2CCC(CNC(=O)C(Cc3ccccc3)NC(=O)c3cccs3)CC2)cc1. The fourth-order valence-electron chi connectivity index (χ4n) is 4.40. The average Bonchev–Trinajstić information content (AvgIpc) is 3.44. The molecule has 0 radical (unpaired) electrons. The Morgan fingerprint density at radius 2 is 1.74 bits per heavy atom. The van der Waals surface area contributed by atoms with Gasteiger partial charge >= 0.3 is 0 Å². The molecule has 35 heavy (non-hydrogen) atoms. The highest BCUT2D eigenvalue weighted by molar-refractivity contribution is 7.12. The smallest absolute Gasteiger partial charge is 0.262 e.